The summed E-state index contributed by atoms with van der Waals surface area (Å²) in [5.41, 5.74) is 0. The van der Waals surface area contributed by atoms with Crippen molar-refractivity contribution in [2.75, 3.05) is 6.61 Å². The summed E-state index contributed by atoms with van der Waals surface area (Å²) in [7, 11) is 0. The van der Waals surface area contributed by atoms with E-state index >= 15 is 0 Å². The maximum absolute atomic E-state index is 10.3. The minimum atomic E-state index is -0.449. The van der Waals surface area contributed by atoms with E-state index in [4.69, 9.17) is 0 Å². The van der Waals surface area contributed by atoms with Gasteiger partial charge in [0.25, 0.3) is 5.91 Å². The van der Waals surface area contributed by atoms with Crippen molar-refractivity contribution in [2.24, 2.45) is 0 Å². The summed E-state index contributed by atoms with van der Waals surface area (Å²) < 4.78 is 6.61. The SMILES string of the molecule is CC(=O)OCC(=O)NI. The van der Waals surface area contributed by atoms with Gasteiger partial charge in [-0.2, -0.15) is 0 Å². The molecule has 0 aromatic heterocycles. The van der Waals surface area contributed by atoms with Gasteiger partial charge in [-0.05, 0) is 0 Å². The van der Waals surface area contributed by atoms with Crippen LogP contribution >= 0.6 is 22.9 Å². The average molecular weight is 243 g/mol. The molecule has 0 saturated carbocycles. The number of carbonyl (C=O) groups excluding carboxylic acids is 2. The summed E-state index contributed by atoms with van der Waals surface area (Å²) in [4.78, 5) is 20.4. The molecule has 0 fully saturated rings. The third-order valence-corrected chi connectivity index (χ3v) is 1.11. The van der Waals surface area contributed by atoms with Crippen LogP contribution in [0.5, 0.6) is 0 Å². The minimum absolute atomic E-state index is 0.196. The normalized spacial score (nSPS) is 8.22. The van der Waals surface area contributed by atoms with Gasteiger partial charge in [-0.3, -0.25) is 13.1 Å². The highest BCUT2D eigenvalue weighted by Gasteiger charge is 1.99. The van der Waals surface area contributed by atoms with E-state index in [-0.39, 0.29) is 12.5 Å². The highest BCUT2D eigenvalue weighted by Crippen LogP contribution is 1.77. The molecular formula is C4H6INO3. The summed E-state index contributed by atoms with van der Waals surface area (Å²) >= 11 is 1.67. The second kappa shape index (κ2) is 4.54. The lowest BCUT2D eigenvalue weighted by Crippen LogP contribution is -2.19. The Morgan fingerprint density at radius 3 is 2.56 bits per heavy atom. The van der Waals surface area contributed by atoms with Crippen molar-refractivity contribution in [1.82, 2.24) is 3.53 Å². The molecule has 0 atom stereocenters. The second-order valence-electron chi connectivity index (χ2n) is 1.30. The Morgan fingerprint density at radius 1 is 1.67 bits per heavy atom. The van der Waals surface area contributed by atoms with Crippen LogP contribution in [0.25, 0.3) is 0 Å². The van der Waals surface area contributed by atoms with Crippen LogP contribution in [0.3, 0.4) is 0 Å². The Balaban J connectivity index is 3.28. The molecule has 0 heterocycles. The van der Waals surface area contributed by atoms with Gasteiger partial charge >= 0.3 is 5.97 Å². The Kier molecular flexibility index (Phi) is 4.37. The largest absolute Gasteiger partial charge is 0.456 e. The van der Waals surface area contributed by atoms with E-state index in [1.807, 2.05) is 0 Å². The minimum Gasteiger partial charge on any atom is -0.456 e. The van der Waals surface area contributed by atoms with E-state index in [1.165, 1.54) is 6.92 Å². The fourth-order valence-electron chi connectivity index (χ4n) is 0.194. The van der Waals surface area contributed by atoms with Crippen LogP contribution in [0, 0.1) is 0 Å². The Labute approximate surface area is 66.4 Å². The number of rotatable bonds is 2. The lowest BCUT2D eigenvalue weighted by atomic mass is 10.7. The first-order valence-corrected chi connectivity index (χ1v) is 3.27. The van der Waals surface area contributed by atoms with Crippen molar-refractivity contribution < 1.29 is 14.3 Å². The van der Waals surface area contributed by atoms with Gasteiger partial charge in [-0.1, -0.05) is 0 Å². The molecule has 4 nitrogen and oxygen atoms in total. The molecule has 0 bridgehead atoms. The van der Waals surface area contributed by atoms with E-state index < -0.39 is 5.97 Å². The fraction of sp³-hybridized carbons (Fsp3) is 0.500. The van der Waals surface area contributed by atoms with Crippen molar-refractivity contribution in [3.63, 3.8) is 0 Å². The van der Waals surface area contributed by atoms with Gasteiger partial charge in [0, 0.05) is 6.92 Å². The van der Waals surface area contributed by atoms with Gasteiger partial charge < -0.3 is 4.74 Å². The molecule has 0 aromatic rings. The molecule has 0 aliphatic carbocycles. The number of halogens is 1. The molecule has 0 aliphatic rings. The van der Waals surface area contributed by atoms with Gasteiger partial charge in [0.1, 0.15) is 0 Å². The monoisotopic (exact) mass is 243 g/mol. The van der Waals surface area contributed by atoms with Gasteiger partial charge in [-0.25, -0.2) is 0 Å². The number of ether oxygens (including phenoxy) is 1. The van der Waals surface area contributed by atoms with E-state index in [0.717, 1.165) is 0 Å². The molecule has 0 aromatic carbocycles. The number of hydrogen-bond donors (Lipinski definition) is 1. The molecule has 0 aliphatic heterocycles. The molecule has 1 amide bonds. The molecule has 9 heavy (non-hydrogen) atoms. The van der Waals surface area contributed by atoms with E-state index in [2.05, 4.69) is 8.27 Å². The topological polar surface area (TPSA) is 55.4 Å². The van der Waals surface area contributed by atoms with Crippen LogP contribution in [0.1, 0.15) is 6.92 Å². The summed E-state index contributed by atoms with van der Waals surface area (Å²) in [6, 6.07) is 0. The number of hydrogen-bond acceptors (Lipinski definition) is 3. The first kappa shape index (κ1) is 8.67. The fourth-order valence-corrected chi connectivity index (χ4v) is 0.350. The zero-order chi connectivity index (χ0) is 7.28. The van der Waals surface area contributed by atoms with Gasteiger partial charge in [0.05, 0.1) is 22.9 Å². The maximum Gasteiger partial charge on any atom is 0.303 e. The van der Waals surface area contributed by atoms with Crippen molar-refractivity contribution >= 4 is 34.7 Å². The lowest BCUT2D eigenvalue weighted by molar-refractivity contribution is -0.145. The van der Waals surface area contributed by atoms with Gasteiger partial charge in [0.2, 0.25) is 0 Å². The van der Waals surface area contributed by atoms with E-state index in [9.17, 15) is 9.59 Å². The van der Waals surface area contributed by atoms with Gasteiger partial charge in [-0.15, -0.1) is 0 Å². The second-order valence-corrected chi connectivity index (χ2v) is 1.84. The summed E-state index contributed by atoms with van der Waals surface area (Å²) in [5.74, 6) is -0.763. The Bertz CT molecular complexity index is 125. The molecule has 1 N–H and O–H groups in total. The zero-order valence-corrected chi connectivity index (χ0v) is 6.97. The van der Waals surface area contributed by atoms with Crippen LogP contribution in [-0.2, 0) is 14.3 Å². The third kappa shape index (κ3) is 5.54. The lowest BCUT2D eigenvalue weighted by Gasteiger charge is -1.96. The van der Waals surface area contributed by atoms with E-state index in [0.29, 0.717) is 0 Å². The van der Waals surface area contributed by atoms with Crippen LogP contribution < -0.4 is 3.53 Å². The number of amides is 1. The third-order valence-electron chi connectivity index (χ3n) is 0.512. The maximum atomic E-state index is 10.3. The van der Waals surface area contributed by atoms with Crippen molar-refractivity contribution in [3.05, 3.63) is 0 Å². The molecule has 0 unspecified atom stereocenters. The molecular weight excluding hydrogens is 237 g/mol. The Hall–Kier alpha value is -0.330. The van der Waals surface area contributed by atoms with Crippen molar-refractivity contribution in [1.29, 1.82) is 0 Å². The summed E-state index contributed by atoms with van der Waals surface area (Å²) in [5, 5.41) is 0. The average Bonchev–Trinajstić information content (AvgIpc) is 1.83. The molecule has 0 saturated heterocycles. The number of carbonyl (C=O) groups is 2. The first-order chi connectivity index (χ1) is 4.16. The standard InChI is InChI=1S/C4H6INO3/c1-3(7)9-2-4(8)6-5/h2H2,1H3,(H,6,8). The van der Waals surface area contributed by atoms with Crippen LogP contribution in [0.15, 0.2) is 0 Å². The molecule has 52 valence electrons. The summed E-state index contributed by atoms with van der Waals surface area (Å²) in [6.07, 6.45) is 0. The van der Waals surface area contributed by atoms with Crippen molar-refractivity contribution in [3.8, 4) is 0 Å². The van der Waals surface area contributed by atoms with Crippen LogP contribution in [0.4, 0.5) is 0 Å². The van der Waals surface area contributed by atoms with Gasteiger partial charge in [0.15, 0.2) is 6.61 Å². The molecule has 5 heteroatoms. The molecule has 0 radical (unpaired) electrons. The predicted molar refractivity (Wildman–Crippen MR) is 38.8 cm³/mol. The smallest absolute Gasteiger partial charge is 0.303 e. The van der Waals surface area contributed by atoms with Crippen LogP contribution in [-0.4, -0.2) is 18.5 Å². The highest BCUT2D eigenvalue weighted by molar-refractivity contribution is 14.1. The molecule has 0 rings (SSSR count). The number of esters is 1. The summed E-state index contributed by atoms with van der Waals surface area (Å²) in [6.45, 7) is 1.05. The Morgan fingerprint density at radius 2 is 2.22 bits per heavy atom. The van der Waals surface area contributed by atoms with E-state index in [1.54, 1.807) is 22.9 Å². The zero-order valence-electron chi connectivity index (χ0n) is 4.81. The quantitative estimate of drug-likeness (QED) is 0.422. The highest BCUT2D eigenvalue weighted by atomic mass is 127. The predicted octanol–water partition coefficient (Wildman–Crippen LogP) is 0.0157. The first-order valence-electron chi connectivity index (χ1n) is 2.19. The van der Waals surface area contributed by atoms with Crippen molar-refractivity contribution in [2.45, 2.75) is 6.92 Å². The number of nitrogens with one attached hydrogen (secondary N) is 1. The molecule has 0 spiro atoms. The van der Waals surface area contributed by atoms with Crippen LogP contribution in [0.2, 0.25) is 0 Å².